The largest absolute Gasteiger partial charge is 0.393 e. The summed E-state index contributed by atoms with van der Waals surface area (Å²) < 4.78 is 0. The van der Waals surface area contributed by atoms with Crippen molar-refractivity contribution in [1.82, 2.24) is 10.6 Å². The number of carbonyl (C=O) groups excluding carboxylic acids is 1. The zero-order chi connectivity index (χ0) is 16.0. The fourth-order valence-electron chi connectivity index (χ4n) is 2.25. The molecule has 118 valence electrons. The number of amides is 2. The lowest BCUT2D eigenvalue weighted by Crippen LogP contribution is -2.43. The summed E-state index contributed by atoms with van der Waals surface area (Å²) in [6.45, 7) is 10.6. The molecule has 1 aromatic carbocycles. The van der Waals surface area contributed by atoms with Crippen LogP contribution in [-0.4, -0.2) is 23.8 Å². The number of hydrogen-bond acceptors (Lipinski definition) is 2. The third-order valence-corrected chi connectivity index (χ3v) is 3.49. The van der Waals surface area contributed by atoms with Crippen LogP contribution in [0.4, 0.5) is 4.79 Å². The number of rotatable bonds is 5. The second-order valence-corrected chi connectivity index (χ2v) is 6.69. The number of hydrogen-bond donors (Lipinski definition) is 3. The van der Waals surface area contributed by atoms with Gasteiger partial charge in [-0.15, -0.1) is 0 Å². The van der Waals surface area contributed by atoms with Gasteiger partial charge in [0.25, 0.3) is 0 Å². The third kappa shape index (κ3) is 5.76. The summed E-state index contributed by atoms with van der Waals surface area (Å²) in [7, 11) is 0. The number of aliphatic hydroxyl groups is 1. The summed E-state index contributed by atoms with van der Waals surface area (Å²) in [5.74, 6) is 0. The molecule has 0 radical (unpaired) electrons. The minimum absolute atomic E-state index is 0.0646. The maximum atomic E-state index is 12.1. The summed E-state index contributed by atoms with van der Waals surface area (Å²) in [4.78, 5) is 12.1. The van der Waals surface area contributed by atoms with E-state index >= 15 is 0 Å². The monoisotopic (exact) mass is 292 g/mol. The van der Waals surface area contributed by atoms with Gasteiger partial charge in [-0.1, -0.05) is 45.0 Å². The lowest BCUT2D eigenvalue weighted by molar-refractivity contribution is 0.181. The normalized spacial score (nSPS) is 14.4. The number of benzene rings is 1. The van der Waals surface area contributed by atoms with Crippen molar-refractivity contribution in [2.45, 2.75) is 53.2 Å². The molecule has 1 aromatic rings. The molecule has 1 rings (SSSR count). The van der Waals surface area contributed by atoms with E-state index in [1.54, 1.807) is 6.92 Å². The van der Waals surface area contributed by atoms with E-state index in [4.69, 9.17) is 0 Å². The fourth-order valence-corrected chi connectivity index (χ4v) is 2.25. The molecule has 0 fully saturated rings. The minimum Gasteiger partial charge on any atom is -0.393 e. The van der Waals surface area contributed by atoms with Crippen LogP contribution >= 0.6 is 0 Å². The van der Waals surface area contributed by atoms with Gasteiger partial charge >= 0.3 is 6.03 Å². The Hall–Kier alpha value is -1.55. The maximum Gasteiger partial charge on any atom is 0.315 e. The number of urea groups is 1. The van der Waals surface area contributed by atoms with Gasteiger partial charge in [0.1, 0.15) is 0 Å². The zero-order valence-electron chi connectivity index (χ0n) is 13.7. The van der Waals surface area contributed by atoms with Gasteiger partial charge in [-0.05, 0) is 36.8 Å². The second kappa shape index (κ2) is 7.46. The van der Waals surface area contributed by atoms with Crippen LogP contribution in [0, 0.1) is 12.3 Å². The van der Waals surface area contributed by atoms with E-state index in [9.17, 15) is 9.90 Å². The van der Waals surface area contributed by atoms with Crippen LogP contribution in [0.5, 0.6) is 0 Å². The average molecular weight is 292 g/mol. The van der Waals surface area contributed by atoms with Crippen molar-refractivity contribution in [1.29, 1.82) is 0 Å². The van der Waals surface area contributed by atoms with Crippen LogP contribution in [0.2, 0.25) is 0 Å². The van der Waals surface area contributed by atoms with Crippen molar-refractivity contribution < 1.29 is 9.90 Å². The van der Waals surface area contributed by atoms with Crippen molar-refractivity contribution >= 4 is 6.03 Å². The molecule has 0 aliphatic carbocycles. The summed E-state index contributed by atoms with van der Waals surface area (Å²) >= 11 is 0. The molecule has 0 saturated heterocycles. The van der Waals surface area contributed by atoms with Gasteiger partial charge in [-0.2, -0.15) is 0 Å². The maximum absolute atomic E-state index is 12.1. The molecule has 0 aliphatic heterocycles. The highest BCUT2D eigenvalue weighted by molar-refractivity contribution is 5.74. The number of carbonyl (C=O) groups is 1. The molecule has 0 saturated carbocycles. The molecule has 2 atom stereocenters. The molecule has 0 aromatic heterocycles. The molecule has 0 spiro atoms. The van der Waals surface area contributed by atoms with E-state index in [1.807, 2.05) is 12.1 Å². The third-order valence-electron chi connectivity index (χ3n) is 3.49. The van der Waals surface area contributed by atoms with Crippen LogP contribution < -0.4 is 10.6 Å². The Labute approximate surface area is 128 Å². The van der Waals surface area contributed by atoms with Gasteiger partial charge in [0.2, 0.25) is 0 Å². The molecular weight excluding hydrogens is 264 g/mol. The molecule has 0 aliphatic rings. The van der Waals surface area contributed by atoms with Gasteiger partial charge in [0, 0.05) is 6.54 Å². The summed E-state index contributed by atoms with van der Waals surface area (Å²) in [6.07, 6.45) is 0.151. The van der Waals surface area contributed by atoms with E-state index < -0.39 is 6.10 Å². The number of aliphatic hydroxyl groups excluding tert-OH is 1. The molecule has 21 heavy (non-hydrogen) atoms. The first-order valence-electron chi connectivity index (χ1n) is 7.49. The van der Waals surface area contributed by atoms with Gasteiger partial charge in [-0.3, -0.25) is 0 Å². The van der Waals surface area contributed by atoms with Crippen molar-refractivity contribution in [3.63, 3.8) is 0 Å². The van der Waals surface area contributed by atoms with E-state index in [0.29, 0.717) is 13.0 Å². The molecule has 4 nitrogen and oxygen atoms in total. The molecule has 2 unspecified atom stereocenters. The first-order valence-corrected chi connectivity index (χ1v) is 7.49. The van der Waals surface area contributed by atoms with Crippen LogP contribution in [0.1, 0.15) is 51.3 Å². The summed E-state index contributed by atoms with van der Waals surface area (Å²) in [6, 6.07) is 7.85. The first kappa shape index (κ1) is 17.5. The van der Waals surface area contributed by atoms with Crippen molar-refractivity contribution in [3.8, 4) is 0 Å². The lowest BCUT2D eigenvalue weighted by Gasteiger charge is -2.33. The predicted octanol–water partition coefficient (Wildman–Crippen LogP) is 3.15. The molecule has 4 heteroatoms. The van der Waals surface area contributed by atoms with Crippen molar-refractivity contribution in [2.75, 3.05) is 6.54 Å². The fraction of sp³-hybridized carbons (Fsp3) is 0.588. The molecule has 3 N–H and O–H groups in total. The highest BCUT2D eigenvalue weighted by atomic mass is 16.3. The molecule has 0 bridgehead atoms. The molecule has 0 heterocycles. The van der Waals surface area contributed by atoms with Gasteiger partial charge in [-0.25, -0.2) is 4.79 Å². The topological polar surface area (TPSA) is 61.4 Å². The van der Waals surface area contributed by atoms with E-state index in [1.165, 1.54) is 5.56 Å². The SMILES string of the molecule is Cc1ccccc1C(NC(=O)NCCC(C)O)C(C)(C)C. The van der Waals surface area contributed by atoms with Gasteiger partial charge < -0.3 is 15.7 Å². The smallest absolute Gasteiger partial charge is 0.315 e. The van der Waals surface area contributed by atoms with Crippen LogP contribution in [0.15, 0.2) is 24.3 Å². The standard InChI is InChI=1S/C17H28N2O2/c1-12-8-6-7-9-14(12)15(17(3,4)5)19-16(21)18-11-10-13(2)20/h6-9,13,15,20H,10-11H2,1-5H3,(H2,18,19,21). The predicted molar refractivity (Wildman–Crippen MR) is 86.2 cm³/mol. The second-order valence-electron chi connectivity index (χ2n) is 6.69. The Morgan fingerprint density at radius 2 is 1.90 bits per heavy atom. The Kier molecular flexibility index (Phi) is 6.21. The highest BCUT2D eigenvalue weighted by Gasteiger charge is 2.28. The van der Waals surface area contributed by atoms with Gasteiger partial charge in [0.15, 0.2) is 0 Å². The van der Waals surface area contributed by atoms with E-state index in [0.717, 1.165) is 5.56 Å². The first-order chi connectivity index (χ1) is 9.71. The Morgan fingerprint density at radius 1 is 1.29 bits per heavy atom. The Balaban J connectivity index is 2.77. The average Bonchev–Trinajstić information content (AvgIpc) is 2.35. The van der Waals surface area contributed by atoms with Crippen molar-refractivity contribution in [2.24, 2.45) is 5.41 Å². The number of aryl methyl sites for hydroxylation is 1. The molecular formula is C17H28N2O2. The summed E-state index contributed by atoms with van der Waals surface area (Å²) in [5, 5.41) is 15.1. The van der Waals surface area contributed by atoms with Gasteiger partial charge in [0.05, 0.1) is 12.1 Å². The summed E-state index contributed by atoms with van der Waals surface area (Å²) in [5.41, 5.74) is 2.21. The lowest BCUT2D eigenvalue weighted by atomic mass is 9.81. The Morgan fingerprint density at radius 3 is 2.43 bits per heavy atom. The highest BCUT2D eigenvalue weighted by Crippen LogP contribution is 2.34. The van der Waals surface area contributed by atoms with Crippen LogP contribution in [0.25, 0.3) is 0 Å². The minimum atomic E-state index is -0.403. The molecule has 2 amide bonds. The quantitative estimate of drug-likeness (QED) is 0.780. The number of nitrogens with one attached hydrogen (secondary N) is 2. The Bertz CT molecular complexity index is 464. The van der Waals surface area contributed by atoms with Crippen molar-refractivity contribution in [3.05, 3.63) is 35.4 Å². The zero-order valence-corrected chi connectivity index (χ0v) is 13.7. The van der Waals surface area contributed by atoms with Crippen LogP contribution in [0.3, 0.4) is 0 Å². The van der Waals surface area contributed by atoms with E-state index in [2.05, 4.69) is 50.5 Å². The van der Waals surface area contributed by atoms with E-state index in [-0.39, 0.29) is 17.5 Å². The van der Waals surface area contributed by atoms with Crippen LogP contribution in [-0.2, 0) is 0 Å².